The number of benzene rings is 2. The number of esters is 1. The van der Waals surface area contributed by atoms with Gasteiger partial charge in [-0.25, -0.2) is 14.6 Å². The molecule has 28 heavy (non-hydrogen) atoms. The van der Waals surface area contributed by atoms with Gasteiger partial charge in [0.25, 0.3) is 0 Å². The molecule has 3 atom stereocenters. The average Bonchev–Trinajstić information content (AvgIpc) is 3.12. The zero-order valence-corrected chi connectivity index (χ0v) is 15.7. The van der Waals surface area contributed by atoms with Crippen LogP contribution in [0.3, 0.4) is 0 Å². The molecule has 1 aliphatic rings. The molecule has 0 saturated heterocycles. The highest BCUT2D eigenvalue weighted by Crippen LogP contribution is 2.24. The second-order valence-corrected chi connectivity index (χ2v) is 6.31. The number of rotatable bonds is 6. The van der Waals surface area contributed by atoms with Crippen molar-refractivity contribution in [3.63, 3.8) is 0 Å². The van der Waals surface area contributed by atoms with E-state index in [1.54, 1.807) is 6.92 Å². The maximum Gasteiger partial charge on any atom is 0.408 e. The lowest BCUT2D eigenvalue weighted by atomic mass is 10.1. The predicted molar refractivity (Wildman–Crippen MR) is 103 cm³/mol. The lowest BCUT2D eigenvalue weighted by Gasteiger charge is -2.19. The highest BCUT2D eigenvalue weighted by Gasteiger charge is 2.38. The molecular weight excluding hydrogens is 360 g/mol. The Hall–Kier alpha value is -3.35. The summed E-state index contributed by atoms with van der Waals surface area (Å²) in [7, 11) is 1.30. The van der Waals surface area contributed by atoms with Crippen LogP contribution in [0.15, 0.2) is 65.7 Å². The maximum absolute atomic E-state index is 12.4. The van der Waals surface area contributed by atoms with Crippen LogP contribution in [0.4, 0.5) is 4.79 Å². The van der Waals surface area contributed by atoms with Crippen LogP contribution in [0.25, 0.3) is 0 Å². The van der Waals surface area contributed by atoms with E-state index in [1.165, 1.54) is 7.11 Å². The van der Waals surface area contributed by atoms with Gasteiger partial charge in [-0.2, -0.15) is 0 Å². The van der Waals surface area contributed by atoms with Crippen molar-refractivity contribution in [3.05, 3.63) is 71.8 Å². The molecule has 3 rings (SSSR count). The number of hydrogen-bond acceptors (Lipinski definition) is 6. The lowest BCUT2D eigenvalue weighted by Crippen LogP contribution is -2.35. The molecule has 1 amide bonds. The monoisotopic (exact) mass is 382 g/mol. The zero-order chi connectivity index (χ0) is 19.9. The van der Waals surface area contributed by atoms with Crippen molar-refractivity contribution in [2.24, 2.45) is 4.99 Å². The molecule has 7 heteroatoms. The standard InChI is InChI=1S/C21H22N2O5/c1-14-17(20(24)26-2)22-19(28-14)18(16-11-7-4-8-12-16)23-21(25)27-13-15-9-5-3-6-10-15/h3-12,14,17-18H,13H2,1-2H3,(H,23,25)/t14-,17+,18+/m1/s1. The van der Waals surface area contributed by atoms with Gasteiger partial charge in [0.05, 0.1) is 7.11 Å². The number of ether oxygens (including phenoxy) is 3. The van der Waals surface area contributed by atoms with Crippen molar-refractivity contribution in [2.45, 2.75) is 31.7 Å². The number of carbonyl (C=O) groups is 2. The van der Waals surface area contributed by atoms with E-state index in [2.05, 4.69) is 10.3 Å². The molecule has 0 unspecified atom stereocenters. The SMILES string of the molecule is COC(=O)[C@H]1N=C([C@@H](NC(=O)OCc2ccccc2)c2ccccc2)O[C@@H]1C. The first-order valence-corrected chi connectivity index (χ1v) is 8.93. The Morgan fingerprint density at radius 3 is 2.39 bits per heavy atom. The Morgan fingerprint density at radius 2 is 1.75 bits per heavy atom. The van der Waals surface area contributed by atoms with Crippen LogP contribution < -0.4 is 5.32 Å². The Morgan fingerprint density at radius 1 is 1.11 bits per heavy atom. The molecule has 1 aliphatic heterocycles. The summed E-state index contributed by atoms with van der Waals surface area (Å²) in [5, 5.41) is 2.77. The summed E-state index contributed by atoms with van der Waals surface area (Å²) in [6.07, 6.45) is -1.10. The van der Waals surface area contributed by atoms with Gasteiger partial charge in [0.1, 0.15) is 18.8 Å². The second kappa shape index (κ2) is 9.03. The van der Waals surface area contributed by atoms with E-state index < -0.39 is 30.3 Å². The molecule has 0 fully saturated rings. The summed E-state index contributed by atoms with van der Waals surface area (Å²) in [6, 6.07) is 17.2. The van der Waals surface area contributed by atoms with E-state index in [0.717, 1.165) is 11.1 Å². The third kappa shape index (κ3) is 4.68. The van der Waals surface area contributed by atoms with E-state index in [4.69, 9.17) is 14.2 Å². The number of nitrogens with one attached hydrogen (secondary N) is 1. The van der Waals surface area contributed by atoms with Crippen molar-refractivity contribution < 1.29 is 23.8 Å². The van der Waals surface area contributed by atoms with Gasteiger partial charge in [-0.3, -0.25) is 0 Å². The Bertz CT molecular complexity index is 838. The van der Waals surface area contributed by atoms with Gasteiger partial charge in [0.2, 0.25) is 5.90 Å². The number of methoxy groups -OCH3 is 1. The van der Waals surface area contributed by atoms with E-state index in [1.807, 2.05) is 60.7 Å². The van der Waals surface area contributed by atoms with Crippen LogP contribution in [0.1, 0.15) is 24.1 Å². The number of alkyl carbamates (subject to hydrolysis) is 1. The minimum atomic E-state index is -0.770. The fourth-order valence-corrected chi connectivity index (χ4v) is 2.85. The maximum atomic E-state index is 12.4. The molecule has 1 N–H and O–H groups in total. The van der Waals surface area contributed by atoms with Gasteiger partial charge < -0.3 is 19.5 Å². The van der Waals surface area contributed by atoms with Gasteiger partial charge in [-0.1, -0.05) is 60.7 Å². The normalized spacial score (nSPS) is 19.1. The van der Waals surface area contributed by atoms with Crippen LogP contribution in [0, 0.1) is 0 Å². The van der Waals surface area contributed by atoms with Gasteiger partial charge in [0.15, 0.2) is 6.04 Å². The van der Waals surface area contributed by atoms with Crippen molar-refractivity contribution >= 4 is 18.0 Å². The van der Waals surface area contributed by atoms with Crippen LogP contribution in [-0.4, -0.2) is 37.2 Å². The molecule has 0 aromatic heterocycles. The first kappa shape index (κ1) is 19.4. The van der Waals surface area contributed by atoms with Crippen molar-refractivity contribution in [1.29, 1.82) is 0 Å². The molecule has 1 heterocycles. The van der Waals surface area contributed by atoms with Gasteiger partial charge in [-0.05, 0) is 18.1 Å². The van der Waals surface area contributed by atoms with Gasteiger partial charge in [-0.15, -0.1) is 0 Å². The van der Waals surface area contributed by atoms with Crippen molar-refractivity contribution in [2.75, 3.05) is 7.11 Å². The van der Waals surface area contributed by atoms with E-state index in [-0.39, 0.29) is 12.5 Å². The summed E-state index contributed by atoms with van der Waals surface area (Å²) in [5.74, 6) is -0.244. The van der Waals surface area contributed by atoms with Crippen LogP contribution >= 0.6 is 0 Å². The fourth-order valence-electron chi connectivity index (χ4n) is 2.85. The first-order chi connectivity index (χ1) is 13.6. The molecule has 146 valence electrons. The number of hydrogen-bond donors (Lipinski definition) is 1. The number of aliphatic imine (C=N–C) groups is 1. The summed E-state index contributed by atoms with van der Waals surface area (Å²) in [5.41, 5.74) is 1.64. The summed E-state index contributed by atoms with van der Waals surface area (Å²) < 4.78 is 15.8. The Kier molecular flexibility index (Phi) is 6.26. The molecule has 0 radical (unpaired) electrons. The highest BCUT2D eigenvalue weighted by atomic mass is 16.6. The molecular formula is C21H22N2O5. The van der Waals surface area contributed by atoms with Crippen molar-refractivity contribution in [3.8, 4) is 0 Å². The fraction of sp³-hybridized carbons (Fsp3) is 0.286. The van der Waals surface area contributed by atoms with Crippen LogP contribution in [-0.2, 0) is 25.6 Å². The predicted octanol–water partition coefficient (Wildman–Crippen LogP) is 3.01. The third-order valence-corrected chi connectivity index (χ3v) is 4.32. The highest BCUT2D eigenvalue weighted by molar-refractivity contribution is 5.92. The van der Waals surface area contributed by atoms with Crippen LogP contribution in [0.2, 0.25) is 0 Å². The Labute approximate surface area is 163 Å². The molecule has 0 aliphatic carbocycles. The van der Waals surface area contributed by atoms with E-state index in [9.17, 15) is 9.59 Å². The number of nitrogens with zero attached hydrogens (tertiary/aromatic N) is 1. The molecule has 2 aromatic rings. The topological polar surface area (TPSA) is 86.2 Å². The molecule has 2 aromatic carbocycles. The second-order valence-electron chi connectivity index (χ2n) is 6.31. The van der Waals surface area contributed by atoms with Crippen molar-refractivity contribution in [1.82, 2.24) is 5.32 Å². The van der Waals surface area contributed by atoms with Gasteiger partial charge in [0, 0.05) is 0 Å². The smallest absolute Gasteiger partial charge is 0.408 e. The summed E-state index contributed by atoms with van der Waals surface area (Å²) >= 11 is 0. The minimum Gasteiger partial charge on any atom is -0.473 e. The Balaban J connectivity index is 1.75. The zero-order valence-electron chi connectivity index (χ0n) is 15.7. The van der Waals surface area contributed by atoms with Crippen LogP contribution in [0.5, 0.6) is 0 Å². The number of amides is 1. The lowest BCUT2D eigenvalue weighted by molar-refractivity contribution is -0.143. The number of carbonyl (C=O) groups excluding carboxylic acids is 2. The largest absolute Gasteiger partial charge is 0.473 e. The average molecular weight is 382 g/mol. The molecule has 0 spiro atoms. The van der Waals surface area contributed by atoms with E-state index in [0.29, 0.717) is 0 Å². The molecule has 0 saturated carbocycles. The van der Waals surface area contributed by atoms with Gasteiger partial charge >= 0.3 is 12.1 Å². The summed E-state index contributed by atoms with van der Waals surface area (Å²) in [6.45, 7) is 1.87. The van der Waals surface area contributed by atoms with E-state index >= 15 is 0 Å². The first-order valence-electron chi connectivity index (χ1n) is 8.93. The minimum absolute atomic E-state index is 0.142. The quantitative estimate of drug-likeness (QED) is 0.776. The summed E-state index contributed by atoms with van der Waals surface area (Å²) in [4.78, 5) is 28.6. The molecule has 0 bridgehead atoms. The third-order valence-electron chi connectivity index (χ3n) is 4.32. The molecule has 7 nitrogen and oxygen atoms in total.